The molecule has 0 aliphatic heterocycles. The molecular formula is C22H18N4O5. The first-order chi connectivity index (χ1) is 14.8. The van der Waals surface area contributed by atoms with Crippen LogP contribution < -0.4 is 0 Å². The Hall–Kier alpha value is -4.27. The standard InChI is InChI=1S/C22H18N4O5/c1-13-10-18(14(2)31-13)21(27)24-23-20-17-8-3-4-9-19(17)25(22(20)28)12-15-6-5-7-16(11-15)26(29)30/h3-11,28H,12H2,1-2H3. The maximum atomic E-state index is 12.4. The van der Waals surface area contributed by atoms with E-state index in [2.05, 4.69) is 10.2 Å². The zero-order chi connectivity index (χ0) is 22.1. The summed E-state index contributed by atoms with van der Waals surface area (Å²) >= 11 is 0. The first kappa shape index (κ1) is 20.0. The molecule has 1 N–H and O–H groups in total. The minimum Gasteiger partial charge on any atom is -0.493 e. The molecule has 2 aromatic heterocycles. The highest BCUT2D eigenvalue weighted by Crippen LogP contribution is 2.39. The molecule has 0 atom stereocenters. The summed E-state index contributed by atoms with van der Waals surface area (Å²) in [5.74, 6) is 0.264. The number of fused-ring (bicyclic) bond motifs is 1. The van der Waals surface area contributed by atoms with Crippen LogP contribution in [0.1, 0.15) is 27.4 Å². The van der Waals surface area contributed by atoms with Gasteiger partial charge in [-0.1, -0.05) is 30.3 Å². The van der Waals surface area contributed by atoms with E-state index in [4.69, 9.17) is 4.42 Å². The van der Waals surface area contributed by atoms with Crippen LogP contribution in [-0.4, -0.2) is 20.5 Å². The maximum Gasteiger partial charge on any atom is 0.298 e. The molecular weight excluding hydrogens is 400 g/mol. The molecule has 0 radical (unpaired) electrons. The number of azo groups is 1. The Labute approximate surface area is 176 Å². The number of nitro groups is 1. The molecule has 0 bridgehead atoms. The van der Waals surface area contributed by atoms with Gasteiger partial charge in [-0.25, -0.2) is 0 Å². The van der Waals surface area contributed by atoms with E-state index < -0.39 is 10.8 Å². The van der Waals surface area contributed by atoms with Gasteiger partial charge in [0.15, 0.2) is 5.69 Å². The summed E-state index contributed by atoms with van der Waals surface area (Å²) in [5.41, 5.74) is 1.70. The summed E-state index contributed by atoms with van der Waals surface area (Å²) in [7, 11) is 0. The average Bonchev–Trinajstić information content (AvgIpc) is 3.22. The number of furan rings is 1. The number of benzene rings is 2. The Kier molecular flexibility index (Phi) is 5.08. The van der Waals surface area contributed by atoms with Crippen LogP contribution in [0.4, 0.5) is 11.4 Å². The Morgan fingerprint density at radius 3 is 2.65 bits per heavy atom. The van der Waals surface area contributed by atoms with Gasteiger partial charge in [-0.05, 0) is 31.5 Å². The summed E-state index contributed by atoms with van der Waals surface area (Å²) in [6.45, 7) is 3.57. The average molecular weight is 418 g/mol. The molecule has 0 saturated heterocycles. The SMILES string of the molecule is Cc1cc(C(=O)N=Nc2c(O)n(Cc3cccc([N+](=O)[O-])c3)c3ccccc23)c(C)o1. The Balaban J connectivity index is 1.73. The van der Waals surface area contributed by atoms with Crippen LogP contribution in [0.3, 0.4) is 0 Å². The lowest BCUT2D eigenvalue weighted by atomic mass is 10.2. The van der Waals surface area contributed by atoms with Crippen LogP contribution in [0.5, 0.6) is 5.88 Å². The Bertz CT molecular complexity index is 1350. The number of rotatable bonds is 5. The van der Waals surface area contributed by atoms with E-state index in [9.17, 15) is 20.0 Å². The molecule has 9 nitrogen and oxygen atoms in total. The molecule has 1 amide bonds. The second kappa shape index (κ2) is 7.86. The van der Waals surface area contributed by atoms with Gasteiger partial charge in [0, 0.05) is 17.5 Å². The van der Waals surface area contributed by atoms with Crippen LogP contribution in [0.15, 0.2) is 69.2 Å². The molecule has 0 aliphatic carbocycles. The van der Waals surface area contributed by atoms with E-state index >= 15 is 0 Å². The number of carbonyl (C=O) groups excluding carboxylic acids is 1. The van der Waals surface area contributed by atoms with Crippen molar-refractivity contribution >= 4 is 28.2 Å². The highest BCUT2D eigenvalue weighted by molar-refractivity contribution is 5.98. The quantitative estimate of drug-likeness (QED) is 0.263. The van der Waals surface area contributed by atoms with Crippen molar-refractivity contribution in [2.24, 2.45) is 10.2 Å². The molecule has 0 unspecified atom stereocenters. The maximum absolute atomic E-state index is 12.4. The van der Waals surface area contributed by atoms with Gasteiger partial charge in [-0.2, -0.15) is 0 Å². The monoisotopic (exact) mass is 418 g/mol. The Morgan fingerprint density at radius 2 is 1.94 bits per heavy atom. The summed E-state index contributed by atoms with van der Waals surface area (Å²) in [5, 5.41) is 30.3. The molecule has 2 aromatic carbocycles. The summed E-state index contributed by atoms with van der Waals surface area (Å²) in [6, 6.07) is 14.9. The van der Waals surface area contributed by atoms with Gasteiger partial charge in [-0.3, -0.25) is 14.9 Å². The number of para-hydroxylation sites is 1. The molecule has 0 fully saturated rings. The number of non-ortho nitro benzene ring substituents is 1. The molecule has 0 spiro atoms. The smallest absolute Gasteiger partial charge is 0.298 e. The fraction of sp³-hybridized carbons (Fsp3) is 0.136. The topological polar surface area (TPSA) is 123 Å². The predicted molar refractivity (Wildman–Crippen MR) is 113 cm³/mol. The second-order valence-corrected chi connectivity index (χ2v) is 7.03. The van der Waals surface area contributed by atoms with Crippen molar-refractivity contribution in [1.29, 1.82) is 0 Å². The predicted octanol–water partition coefficient (Wildman–Crippen LogP) is 5.44. The minimum absolute atomic E-state index is 0.0373. The van der Waals surface area contributed by atoms with E-state index in [0.29, 0.717) is 33.6 Å². The molecule has 0 aliphatic rings. The highest BCUT2D eigenvalue weighted by Gasteiger charge is 2.19. The number of amides is 1. The van der Waals surface area contributed by atoms with Crippen molar-refractivity contribution in [3.05, 3.63) is 87.4 Å². The minimum atomic E-state index is -0.579. The van der Waals surface area contributed by atoms with Gasteiger partial charge in [-0.15, -0.1) is 10.2 Å². The van der Waals surface area contributed by atoms with Gasteiger partial charge in [0.05, 0.1) is 22.5 Å². The van der Waals surface area contributed by atoms with Gasteiger partial charge in [0.25, 0.3) is 11.6 Å². The van der Waals surface area contributed by atoms with Crippen molar-refractivity contribution in [3.63, 3.8) is 0 Å². The first-order valence-corrected chi connectivity index (χ1v) is 9.42. The number of hydrogen-bond acceptors (Lipinski definition) is 6. The number of hydrogen-bond donors (Lipinski definition) is 1. The number of nitro benzene ring substituents is 1. The first-order valence-electron chi connectivity index (χ1n) is 9.42. The largest absolute Gasteiger partial charge is 0.493 e. The normalized spacial score (nSPS) is 11.4. The third kappa shape index (κ3) is 3.80. The molecule has 9 heteroatoms. The highest BCUT2D eigenvalue weighted by atomic mass is 16.6. The zero-order valence-electron chi connectivity index (χ0n) is 16.8. The Morgan fingerprint density at radius 1 is 1.16 bits per heavy atom. The fourth-order valence-corrected chi connectivity index (χ4v) is 3.47. The third-order valence-electron chi connectivity index (χ3n) is 4.89. The van der Waals surface area contributed by atoms with Crippen LogP contribution >= 0.6 is 0 Å². The van der Waals surface area contributed by atoms with Crippen molar-refractivity contribution < 1.29 is 19.2 Å². The molecule has 4 aromatic rings. The van der Waals surface area contributed by atoms with E-state index in [-0.39, 0.29) is 23.8 Å². The van der Waals surface area contributed by atoms with Crippen LogP contribution in [0.25, 0.3) is 10.9 Å². The second-order valence-electron chi connectivity index (χ2n) is 7.03. The number of aromatic hydroxyl groups is 1. The zero-order valence-corrected chi connectivity index (χ0v) is 16.8. The van der Waals surface area contributed by atoms with E-state index in [1.807, 2.05) is 0 Å². The van der Waals surface area contributed by atoms with Gasteiger partial charge in [0.2, 0.25) is 5.88 Å². The van der Waals surface area contributed by atoms with Gasteiger partial charge >= 0.3 is 0 Å². The third-order valence-corrected chi connectivity index (χ3v) is 4.89. The summed E-state index contributed by atoms with van der Waals surface area (Å²) in [6.07, 6.45) is 0. The summed E-state index contributed by atoms with van der Waals surface area (Å²) in [4.78, 5) is 23.0. The van der Waals surface area contributed by atoms with E-state index in [1.54, 1.807) is 60.9 Å². The molecule has 156 valence electrons. The fourth-order valence-electron chi connectivity index (χ4n) is 3.47. The van der Waals surface area contributed by atoms with Crippen molar-refractivity contribution in [3.8, 4) is 5.88 Å². The summed E-state index contributed by atoms with van der Waals surface area (Å²) < 4.78 is 6.92. The van der Waals surface area contributed by atoms with E-state index in [1.165, 1.54) is 12.1 Å². The lowest BCUT2D eigenvalue weighted by Crippen LogP contribution is -1.99. The van der Waals surface area contributed by atoms with Crippen molar-refractivity contribution in [2.75, 3.05) is 0 Å². The van der Waals surface area contributed by atoms with Crippen LogP contribution in [0, 0.1) is 24.0 Å². The van der Waals surface area contributed by atoms with Crippen LogP contribution in [-0.2, 0) is 6.54 Å². The number of aryl methyl sites for hydroxylation is 2. The number of aromatic nitrogens is 1. The lowest BCUT2D eigenvalue weighted by Gasteiger charge is -2.07. The molecule has 0 saturated carbocycles. The van der Waals surface area contributed by atoms with E-state index in [0.717, 1.165) is 0 Å². The van der Waals surface area contributed by atoms with Crippen LogP contribution in [0.2, 0.25) is 0 Å². The van der Waals surface area contributed by atoms with Gasteiger partial charge < -0.3 is 14.1 Å². The van der Waals surface area contributed by atoms with Crippen molar-refractivity contribution in [1.82, 2.24) is 4.57 Å². The number of nitrogens with zero attached hydrogens (tertiary/aromatic N) is 4. The van der Waals surface area contributed by atoms with Crippen molar-refractivity contribution in [2.45, 2.75) is 20.4 Å². The van der Waals surface area contributed by atoms with Gasteiger partial charge in [0.1, 0.15) is 11.5 Å². The lowest BCUT2D eigenvalue weighted by molar-refractivity contribution is -0.384. The molecule has 31 heavy (non-hydrogen) atoms. The molecule has 2 heterocycles. The molecule has 4 rings (SSSR count). The number of carbonyl (C=O) groups is 1.